The van der Waals surface area contributed by atoms with E-state index in [0.717, 1.165) is 34.1 Å². The van der Waals surface area contributed by atoms with Crippen molar-refractivity contribution >= 4 is 113 Å². The molecule has 0 saturated carbocycles. The molecule has 0 aliphatic heterocycles. The largest absolute Gasteiger partial charge is 0.310 e. The van der Waals surface area contributed by atoms with Gasteiger partial charge in [0.05, 0.1) is 11.4 Å². The molecular formula is C64H46B2N2. The van der Waals surface area contributed by atoms with Crippen LogP contribution in [-0.4, -0.2) is 13.4 Å². The minimum absolute atomic E-state index is 0.0559. The Kier molecular flexibility index (Phi) is 10.8. The molecule has 0 aliphatic carbocycles. The highest BCUT2D eigenvalue weighted by atomic mass is 15.1. The topological polar surface area (TPSA) is 6.48 Å². The van der Waals surface area contributed by atoms with Crippen molar-refractivity contribution < 1.29 is 0 Å². The maximum atomic E-state index is 2.49. The molecule has 0 aromatic heterocycles. The first kappa shape index (κ1) is 40.9. The number of anilines is 6. The van der Waals surface area contributed by atoms with Crippen molar-refractivity contribution in [3.63, 3.8) is 0 Å². The van der Waals surface area contributed by atoms with Gasteiger partial charge in [0, 0.05) is 33.5 Å². The van der Waals surface area contributed by atoms with Crippen LogP contribution in [-0.2, 0) is 0 Å². The zero-order chi connectivity index (χ0) is 45.2. The summed E-state index contributed by atoms with van der Waals surface area (Å²) in [4.78, 5) is 4.92. The van der Waals surface area contributed by atoms with E-state index in [9.17, 15) is 0 Å². The zero-order valence-electron chi connectivity index (χ0n) is 37.6. The summed E-state index contributed by atoms with van der Waals surface area (Å²) in [6, 6.07) is 102. The molecule has 12 aromatic rings. The average molecular weight is 865 g/mol. The van der Waals surface area contributed by atoms with Gasteiger partial charge in [-0.15, -0.1) is 0 Å². The smallest absolute Gasteiger partial charge is 0.242 e. The summed E-state index contributed by atoms with van der Waals surface area (Å²) in [5, 5.41) is 7.38. The Morgan fingerprint density at radius 1 is 0.221 bits per heavy atom. The SMILES string of the molecule is c1ccc(B(c2ccccc2)c2cc(N(c3ccccc3)c3ccccc3)c3ccc4c(B(c5ccccc5)c5ccccc5)cc(N(c5ccccc5)c5ccccc5)c5ccc2c3c45)cc1. The van der Waals surface area contributed by atoms with Gasteiger partial charge in [0.25, 0.3) is 0 Å². The molecule has 0 N–H and O–H groups in total. The summed E-state index contributed by atoms with van der Waals surface area (Å²) in [6.45, 7) is -0.112. The van der Waals surface area contributed by atoms with Crippen molar-refractivity contribution in [2.75, 3.05) is 9.80 Å². The Balaban J connectivity index is 1.28. The first-order valence-corrected chi connectivity index (χ1v) is 23.6. The van der Waals surface area contributed by atoms with Gasteiger partial charge in [-0.05, 0) is 82.2 Å². The predicted octanol–water partition coefficient (Wildman–Crippen LogP) is 12.6. The molecular weight excluding hydrogens is 818 g/mol. The van der Waals surface area contributed by atoms with Gasteiger partial charge in [0.2, 0.25) is 13.4 Å². The molecule has 12 aromatic carbocycles. The fourth-order valence-electron chi connectivity index (χ4n) is 10.7. The van der Waals surface area contributed by atoms with Crippen LogP contribution < -0.4 is 42.6 Å². The van der Waals surface area contributed by atoms with Crippen molar-refractivity contribution in [1.29, 1.82) is 0 Å². The molecule has 2 nitrogen and oxygen atoms in total. The normalized spacial score (nSPS) is 11.2. The second-order valence-electron chi connectivity index (χ2n) is 17.6. The lowest BCUT2D eigenvalue weighted by atomic mass is 9.36. The van der Waals surface area contributed by atoms with E-state index in [1.54, 1.807) is 0 Å². The number of hydrogen-bond acceptors (Lipinski definition) is 2. The highest BCUT2D eigenvalue weighted by Gasteiger charge is 2.32. The molecule has 0 aliphatic rings. The summed E-state index contributed by atoms with van der Waals surface area (Å²) < 4.78 is 0. The quantitative estimate of drug-likeness (QED) is 0.0892. The number of nitrogens with zero attached hydrogens (tertiary/aromatic N) is 2. The molecule has 0 fully saturated rings. The third-order valence-electron chi connectivity index (χ3n) is 13.6. The summed E-state index contributed by atoms with van der Waals surface area (Å²) in [5.74, 6) is 0. The van der Waals surface area contributed by atoms with Crippen molar-refractivity contribution in [2.45, 2.75) is 0 Å². The third kappa shape index (κ3) is 7.37. The van der Waals surface area contributed by atoms with Crippen LogP contribution in [0.15, 0.2) is 279 Å². The molecule has 0 saturated heterocycles. The van der Waals surface area contributed by atoms with Crippen molar-refractivity contribution in [3.05, 3.63) is 279 Å². The maximum Gasteiger partial charge on any atom is 0.242 e. The molecule has 318 valence electrons. The summed E-state index contributed by atoms with van der Waals surface area (Å²) in [6.07, 6.45) is 0. The van der Waals surface area contributed by atoms with Crippen LogP contribution in [0.25, 0.3) is 32.3 Å². The minimum Gasteiger partial charge on any atom is -0.310 e. The maximum absolute atomic E-state index is 2.49. The summed E-state index contributed by atoms with van der Waals surface area (Å²) in [7, 11) is 0. The van der Waals surface area contributed by atoms with Crippen molar-refractivity contribution in [2.24, 2.45) is 0 Å². The first-order valence-electron chi connectivity index (χ1n) is 23.6. The van der Waals surface area contributed by atoms with E-state index in [2.05, 4.69) is 289 Å². The van der Waals surface area contributed by atoms with Gasteiger partial charge in [-0.1, -0.05) is 251 Å². The van der Waals surface area contributed by atoms with E-state index in [1.807, 2.05) is 0 Å². The van der Waals surface area contributed by atoms with Gasteiger partial charge in [-0.3, -0.25) is 0 Å². The number of para-hydroxylation sites is 4. The molecule has 0 unspecified atom stereocenters. The van der Waals surface area contributed by atoms with Crippen LogP contribution in [0.1, 0.15) is 0 Å². The molecule has 0 bridgehead atoms. The summed E-state index contributed by atoms with van der Waals surface area (Å²) in [5.41, 5.74) is 14.2. The second kappa shape index (κ2) is 18.0. The van der Waals surface area contributed by atoms with Crippen molar-refractivity contribution in [1.82, 2.24) is 0 Å². The molecule has 68 heavy (non-hydrogen) atoms. The lowest BCUT2D eigenvalue weighted by Gasteiger charge is -2.32. The molecule has 12 rings (SSSR count). The van der Waals surface area contributed by atoms with Crippen LogP contribution in [0.2, 0.25) is 0 Å². The van der Waals surface area contributed by atoms with Crippen LogP contribution >= 0.6 is 0 Å². The average Bonchev–Trinajstić information content (AvgIpc) is 3.42. The molecule has 0 radical (unpaired) electrons. The van der Waals surface area contributed by atoms with Crippen LogP contribution in [0.3, 0.4) is 0 Å². The van der Waals surface area contributed by atoms with Gasteiger partial charge in [-0.2, -0.15) is 0 Å². The van der Waals surface area contributed by atoms with Gasteiger partial charge in [0.15, 0.2) is 0 Å². The van der Waals surface area contributed by atoms with Crippen LogP contribution in [0.5, 0.6) is 0 Å². The lowest BCUT2D eigenvalue weighted by Crippen LogP contribution is -2.52. The standard InChI is InChI=1S/C64H46B2N2/c1-9-25-47(26-10-1)65(48-27-11-2-12-28-48)59-45-61(67(51-33-17-5-18-34-51)52-35-19-6-20-36-52)57-44-42-56-60(66(49-29-13-3-14-30-49)50-31-15-4-16-32-50)46-62(58-43-41-55(59)63(57)64(56)58)68(53-37-21-7-22-38-53)54-39-23-8-24-40-54/h1-46H. The molecule has 0 heterocycles. The molecule has 0 spiro atoms. The second-order valence-corrected chi connectivity index (χ2v) is 17.6. The number of hydrogen-bond donors (Lipinski definition) is 0. The van der Waals surface area contributed by atoms with Gasteiger partial charge in [-0.25, -0.2) is 0 Å². The lowest BCUT2D eigenvalue weighted by molar-refractivity contribution is 1.30. The van der Waals surface area contributed by atoms with Gasteiger partial charge < -0.3 is 9.80 Å². The first-order chi connectivity index (χ1) is 33.8. The third-order valence-corrected chi connectivity index (χ3v) is 13.6. The summed E-state index contributed by atoms with van der Waals surface area (Å²) >= 11 is 0. The Labute approximate surface area is 399 Å². The van der Waals surface area contributed by atoms with E-state index in [0.29, 0.717) is 0 Å². The van der Waals surface area contributed by atoms with Crippen LogP contribution in [0, 0.1) is 0 Å². The fraction of sp³-hybridized carbons (Fsp3) is 0. The van der Waals surface area contributed by atoms with Gasteiger partial charge in [0.1, 0.15) is 0 Å². The number of benzene rings is 12. The molecule has 4 heteroatoms. The van der Waals surface area contributed by atoms with Crippen molar-refractivity contribution in [3.8, 4) is 0 Å². The number of rotatable bonds is 12. The van der Waals surface area contributed by atoms with E-state index < -0.39 is 0 Å². The van der Waals surface area contributed by atoms with Gasteiger partial charge >= 0.3 is 0 Å². The Hall–Kier alpha value is -8.59. The van der Waals surface area contributed by atoms with E-state index in [1.165, 1.54) is 65.1 Å². The highest BCUT2D eigenvalue weighted by Crippen LogP contribution is 2.47. The minimum atomic E-state index is -0.0559. The molecule has 0 atom stereocenters. The predicted molar refractivity (Wildman–Crippen MR) is 295 cm³/mol. The Morgan fingerprint density at radius 3 is 0.691 bits per heavy atom. The van der Waals surface area contributed by atoms with E-state index in [-0.39, 0.29) is 13.4 Å². The van der Waals surface area contributed by atoms with E-state index >= 15 is 0 Å². The highest BCUT2D eigenvalue weighted by molar-refractivity contribution is 6.98. The van der Waals surface area contributed by atoms with Crippen LogP contribution in [0.4, 0.5) is 34.1 Å². The Bertz CT molecular complexity index is 2960. The fourth-order valence-corrected chi connectivity index (χ4v) is 10.7. The van der Waals surface area contributed by atoms with E-state index in [4.69, 9.17) is 0 Å². The molecule has 0 amide bonds. The monoisotopic (exact) mass is 864 g/mol. The zero-order valence-corrected chi connectivity index (χ0v) is 37.6. The Morgan fingerprint density at radius 2 is 0.441 bits per heavy atom.